The van der Waals surface area contributed by atoms with Crippen molar-refractivity contribution >= 4 is 27.9 Å². The predicted molar refractivity (Wildman–Crippen MR) is 118 cm³/mol. The molecule has 30 heavy (non-hydrogen) atoms. The lowest BCUT2D eigenvalue weighted by Gasteiger charge is -2.37. The van der Waals surface area contributed by atoms with Gasteiger partial charge in [0.15, 0.2) is 0 Å². The van der Waals surface area contributed by atoms with Crippen LogP contribution >= 0.6 is 15.9 Å². The third-order valence-corrected chi connectivity index (χ3v) is 5.11. The van der Waals surface area contributed by atoms with Gasteiger partial charge >= 0.3 is 6.09 Å². The fourth-order valence-corrected chi connectivity index (χ4v) is 3.55. The zero-order valence-electron chi connectivity index (χ0n) is 17.5. The molecule has 1 fully saturated rings. The normalized spacial score (nSPS) is 15.5. The lowest BCUT2D eigenvalue weighted by molar-refractivity contribution is -0.140. The molecule has 1 atom stereocenters. The van der Waals surface area contributed by atoms with E-state index in [2.05, 4.69) is 15.9 Å². The molecule has 7 heteroatoms. The first-order chi connectivity index (χ1) is 14.2. The highest BCUT2D eigenvalue weighted by atomic mass is 79.9. The van der Waals surface area contributed by atoms with Gasteiger partial charge in [0.2, 0.25) is 6.10 Å². The lowest BCUT2D eigenvalue weighted by atomic mass is 10.1. The molecule has 1 unspecified atom stereocenters. The number of nitrogens with zero attached hydrogens (tertiary/aromatic N) is 2. The molecule has 0 radical (unpaired) electrons. The van der Waals surface area contributed by atoms with Crippen molar-refractivity contribution in [1.82, 2.24) is 9.80 Å². The lowest BCUT2D eigenvalue weighted by Crippen LogP contribution is -2.53. The van der Waals surface area contributed by atoms with E-state index in [1.807, 2.05) is 75.4 Å². The van der Waals surface area contributed by atoms with Crippen LogP contribution in [0, 0.1) is 0 Å². The molecule has 1 heterocycles. The van der Waals surface area contributed by atoms with Crippen molar-refractivity contribution in [1.29, 1.82) is 0 Å². The van der Waals surface area contributed by atoms with Crippen molar-refractivity contribution in [3.8, 4) is 5.75 Å². The minimum Gasteiger partial charge on any atom is -0.476 e. The fourth-order valence-electron chi connectivity index (χ4n) is 3.17. The molecular formula is C23H27BrN2O4. The summed E-state index contributed by atoms with van der Waals surface area (Å²) >= 11 is 3.44. The molecule has 0 aliphatic carbocycles. The first kappa shape index (κ1) is 22.2. The van der Waals surface area contributed by atoms with Gasteiger partial charge in [-0.1, -0.05) is 52.3 Å². The topological polar surface area (TPSA) is 59.1 Å². The van der Waals surface area contributed by atoms with Gasteiger partial charge in [-0.2, -0.15) is 0 Å². The molecule has 0 bridgehead atoms. The third kappa shape index (κ3) is 5.98. The number of benzene rings is 2. The summed E-state index contributed by atoms with van der Waals surface area (Å²) in [6.07, 6.45) is -1.10. The number of halogens is 1. The highest BCUT2D eigenvalue weighted by Gasteiger charge is 2.32. The zero-order valence-corrected chi connectivity index (χ0v) is 19.1. The summed E-state index contributed by atoms with van der Waals surface area (Å²) in [6, 6.07) is 16.9. The van der Waals surface area contributed by atoms with E-state index in [0.717, 1.165) is 10.0 Å². The second-order valence-electron chi connectivity index (χ2n) is 8.16. The minimum atomic E-state index is -0.756. The first-order valence-electron chi connectivity index (χ1n) is 9.97. The van der Waals surface area contributed by atoms with E-state index in [1.54, 1.807) is 9.80 Å². The second-order valence-corrected chi connectivity index (χ2v) is 9.07. The Kier molecular flexibility index (Phi) is 7.02. The molecule has 2 amide bonds. The van der Waals surface area contributed by atoms with Gasteiger partial charge in [0.05, 0.1) is 0 Å². The van der Waals surface area contributed by atoms with E-state index in [9.17, 15) is 9.59 Å². The summed E-state index contributed by atoms with van der Waals surface area (Å²) in [5.41, 5.74) is 0.248. The van der Waals surface area contributed by atoms with Crippen molar-refractivity contribution in [2.45, 2.75) is 32.5 Å². The van der Waals surface area contributed by atoms with E-state index in [0.29, 0.717) is 31.9 Å². The Bertz CT molecular complexity index is 874. The monoisotopic (exact) mass is 474 g/mol. The molecule has 6 nitrogen and oxygen atoms in total. The number of carbonyl (C=O) groups is 2. The zero-order chi connectivity index (χ0) is 21.7. The first-order valence-corrected chi connectivity index (χ1v) is 10.8. The summed E-state index contributed by atoms with van der Waals surface area (Å²) in [4.78, 5) is 29.0. The molecule has 2 aromatic carbocycles. The van der Waals surface area contributed by atoms with Gasteiger partial charge in [-0.05, 0) is 39.0 Å². The van der Waals surface area contributed by atoms with E-state index in [-0.39, 0.29) is 12.0 Å². The van der Waals surface area contributed by atoms with E-state index in [1.165, 1.54) is 0 Å². The molecular weight excluding hydrogens is 448 g/mol. The fraction of sp³-hybridized carbons (Fsp3) is 0.391. The summed E-state index contributed by atoms with van der Waals surface area (Å²) in [6.45, 7) is 7.25. The van der Waals surface area contributed by atoms with Crippen molar-refractivity contribution in [2.75, 3.05) is 26.2 Å². The SMILES string of the molecule is CC(C)(C)OC(=O)N1CCN(C(=O)C(Oc2cccc(Br)c2)c2ccccc2)CC1. The maximum atomic E-state index is 13.3. The van der Waals surface area contributed by atoms with Gasteiger partial charge in [-0.15, -0.1) is 0 Å². The maximum absolute atomic E-state index is 13.3. The summed E-state index contributed by atoms with van der Waals surface area (Å²) < 4.78 is 12.4. The highest BCUT2D eigenvalue weighted by Crippen LogP contribution is 2.27. The number of hydrogen-bond donors (Lipinski definition) is 0. The molecule has 0 saturated carbocycles. The van der Waals surface area contributed by atoms with E-state index in [4.69, 9.17) is 9.47 Å². The Balaban J connectivity index is 1.70. The minimum absolute atomic E-state index is 0.120. The van der Waals surface area contributed by atoms with E-state index < -0.39 is 11.7 Å². The van der Waals surface area contributed by atoms with Gasteiger partial charge < -0.3 is 19.3 Å². The van der Waals surface area contributed by atoms with Crippen LogP contribution in [0.25, 0.3) is 0 Å². The second kappa shape index (κ2) is 9.51. The van der Waals surface area contributed by atoms with Crippen LogP contribution in [0.1, 0.15) is 32.4 Å². The van der Waals surface area contributed by atoms with Gasteiger partial charge in [0, 0.05) is 36.2 Å². The van der Waals surface area contributed by atoms with Crippen LogP contribution in [0.5, 0.6) is 5.75 Å². The van der Waals surface area contributed by atoms with Crippen LogP contribution < -0.4 is 4.74 Å². The highest BCUT2D eigenvalue weighted by molar-refractivity contribution is 9.10. The Morgan fingerprint density at radius 3 is 2.17 bits per heavy atom. The van der Waals surface area contributed by atoms with Crippen LogP contribution in [0.4, 0.5) is 4.79 Å². The van der Waals surface area contributed by atoms with E-state index >= 15 is 0 Å². The number of piperazine rings is 1. The Hall–Kier alpha value is -2.54. The van der Waals surface area contributed by atoms with Gasteiger partial charge in [-0.25, -0.2) is 4.79 Å². The van der Waals surface area contributed by atoms with Gasteiger partial charge in [0.25, 0.3) is 5.91 Å². The molecule has 3 rings (SSSR count). The van der Waals surface area contributed by atoms with Crippen molar-refractivity contribution in [3.05, 3.63) is 64.6 Å². The van der Waals surface area contributed by atoms with Crippen LogP contribution in [0.3, 0.4) is 0 Å². The molecule has 0 spiro atoms. The number of ether oxygens (including phenoxy) is 2. The quantitative estimate of drug-likeness (QED) is 0.646. The van der Waals surface area contributed by atoms with Gasteiger partial charge in [-0.3, -0.25) is 4.79 Å². The Labute approximate surface area is 185 Å². The standard InChI is InChI=1S/C23H27BrN2O4/c1-23(2,3)30-22(28)26-14-12-25(13-15-26)21(27)20(17-8-5-4-6-9-17)29-19-11-7-10-18(24)16-19/h4-11,16,20H,12-15H2,1-3H3. The largest absolute Gasteiger partial charge is 0.476 e. The van der Waals surface area contributed by atoms with Gasteiger partial charge in [0.1, 0.15) is 11.4 Å². The van der Waals surface area contributed by atoms with Crippen molar-refractivity contribution in [3.63, 3.8) is 0 Å². The molecule has 0 N–H and O–H groups in total. The number of rotatable bonds is 4. The molecule has 1 aliphatic heterocycles. The molecule has 160 valence electrons. The van der Waals surface area contributed by atoms with Crippen LogP contribution in [-0.2, 0) is 9.53 Å². The maximum Gasteiger partial charge on any atom is 0.410 e. The van der Waals surface area contributed by atoms with Crippen molar-refractivity contribution < 1.29 is 19.1 Å². The average Bonchev–Trinajstić information content (AvgIpc) is 2.71. The van der Waals surface area contributed by atoms with Crippen LogP contribution in [-0.4, -0.2) is 53.6 Å². The number of carbonyl (C=O) groups excluding carboxylic acids is 2. The molecule has 1 aliphatic rings. The number of hydrogen-bond acceptors (Lipinski definition) is 4. The van der Waals surface area contributed by atoms with Crippen molar-refractivity contribution in [2.24, 2.45) is 0 Å². The Morgan fingerprint density at radius 1 is 0.933 bits per heavy atom. The average molecular weight is 475 g/mol. The summed E-state index contributed by atoms with van der Waals surface area (Å²) in [7, 11) is 0. The molecule has 2 aromatic rings. The molecule has 0 aromatic heterocycles. The third-order valence-electron chi connectivity index (χ3n) is 4.62. The Morgan fingerprint density at radius 2 is 1.57 bits per heavy atom. The van der Waals surface area contributed by atoms with Crippen LogP contribution in [0.15, 0.2) is 59.1 Å². The summed E-state index contributed by atoms with van der Waals surface area (Å²) in [5, 5.41) is 0. The summed E-state index contributed by atoms with van der Waals surface area (Å²) in [5.74, 6) is 0.490. The van der Waals surface area contributed by atoms with Crippen LogP contribution in [0.2, 0.25) is 0 Å². The number of amides is 2. The molecule has 1 saturated heterocycles. The predicted octanol–water partition coefficient (Wildman–Crippen LogP) is 4.65. The smallest absolute Gasteiger partial charge is 0.410 e.